The Balaban J connectivity index is 1.91. The highest BCUT2D eigenvalue weighted by Gasteiger charge is 2.13. The minimum atomic E-state index is 0.0961. The Bertz CT molecular complexity index is 685. The molecule has 3 heteroatoms. The molecule has 0 atom stereocenters. The Morgan fingerprint density at radius 2 is 1.95 bits per heavy atom. The van der Waals surface area contributed by atoms with E-state index in [4.69, 9.17) is 0 Å². The third-order valence-corrected chi connectivity index (χ3v) is 3.26. The summed E-state index contributed by atoms with van der Waals surface area (Å²) >= 11 is 0. The Morgan fingerprint density at radius 3 is 2.74 bits per heavy atom. The number of hydrogen-bond acceptors (Lipinski definition) is 2. The first-order valence-electron chi connectivity index (χ1n) is 6.24. The summed E-state index contributed by atoms with van der Waals surface area (Å²) in [6, 6.07) is 13.3. The summed E-state index contributed by atoms with van der Waals surface area (Å²) in [6.07, 6.45) is 3.74. The average molecular weight is 250 g/mol. The molecule has 0 spiro atoms. The van der Waals surface area contributed by atoms with Gasteiger partial charge in [-0.3, -0.25) is 4.79 Å². The summed E-state index contributed by atoms with van der Waals surface area (Å²) in [5.74, 6) is 0.961. The second-order valence-electron chi connectivity index (χ2n) is 4.60. The number of aryl methyl sites for hydroxylation is 1. The van der Waals surface area contributed by atoms with E-state index >= 15 is 0 Å². The van der Waals surface area contributed by atoms with E-state index < -0.39 is 0 Å². The minimum Gasteiger partial charge on any atom is -0.325 e. The number of carbonyl (C=O) groups is 1. The van der Waals surface area contributed by atoms with Crippen LogP contribution in [0.15, 0.2) is 54.9 Å². The van der Waals surface area contributed by atoms with Crippen LogP contribution in [0.3, 0.4) is 0 Å². The van der Waals surface area contributed by atoms with E-state index in [0.717, 1.165) is 22.5 Å². The van der Waals surface area contributed by atoms with Crippen molar-refractivity contribution in [1.82, 2.24) is 9.55 Å². The number of fused-ring (bicyclic) bond motifs is 1. The zero-order valence-electron chi connectivity index (χ0n) is 10.7. The van der Waals surface area contributed by atoms with Gasteiger partial charge in [0.05, 0.1) is 6.54 Å². The fourth-order valence-electron chi connectivity index (χ4n) is 2.22. The molecule has 94 valence electrons. The van der Waals surface area contributed by atoms with E-state index in [0.29, 0.717) is 6.54 Å². The zero-order valence-corrected chi connectivity index (χ0v) is 10.7. The maximum Gasteiger partial charge on any atom is 0.182 e. The van der Waals surface area contributed by atoms with Crippen LogP contribution < -0.4 is 0 Å². The highest BCUT2D eigenvalue weighted by Crippen LogP contribution is 2.24. The van der Waals surface area contributed by atoms with Crippen molar-refractivity contribution in [3.63, 3.8) is 0 Å². The van der Waals surface area contributed by atoms with Gasteiger partial charge in [-0.1, -0.05) is 30.3 Å². The molecule has 0 aliphatic carbocycles. The molecular weight excluding hydrogens is 236 g/mol. The van der Waals surface area contributed by atoms with Crippen LogP contribution in [0.1, 0.15) is 15.9 Å². The standard InChI is InChI=1S/C16H14N2O/c1-12-10-17-16-14(12)8-5-9-18(16)11-15(19)13-6-3-2-4-7-13/h2-10H,11H2,1H3. The normalized spacial score (nSPS) is 10.8. The van der Waals surface area contributed by atoms with Crippen LogP contribution in [0.2, 0.25) is 0 Å². The van der Waals surface area contributed by atoms with Gasteiger partial charge in [0.25, 0.3) is 0 Å². The van der Waals surface area contributed by atoms with E-state index in [9.17, 15) is 4.79 Å². The quantitative estimate of drug-likeness (QED) is 0.669. The first-order chi connectivity index (χ1) is 9.25. The number of aromatic nitrogens is 2. The first-order valence-corrected chi connectivity index (χ1v) is 6.24. The van der Waals surface area contributed by atoms with Gasteiger partial charge in [0.15, 0.2) is 5.78 Å². The van der Waals surface area contributed by atoms with Crippen molar-refractivity contribution in [3.8, 4) is 11.4 Å². The van der Waals surface area contributed by atoms with E-state index in [1.54, 1.807) is 0 Å². The molecule has 2 aliphatic heterocycles. The van der Waals surface area contributed by atoms with Gasteiger partial charge in [-0.25, -0.2) is 4.98 Å². The maximum atomic E-state index is 12.2. The Hall–Kier alpha value is -2.42. The van der Waals surface area contributed by atoms with Crippen LogP contribution in [0.5, 0.6) is 0 Å². The van der Waals surface area contributed by atoms with Crippen LogP contribution in [-0.2, 0) is 6.54 Å². The van der Waals surface area contributed by atoms with Crippen LogP contribution in [0.4, 0.5) is 0 Å². The third-order valence-electron chi connectivity index (χ3n) is 3.26. The van der Waals surface area contributed by atoms with Gasteiger partial charge in [-0.15, -0.1) is 0 Å². The van der Waals surface area contributed by atoms with E-state index in [1.165, 1.54) is 0 Å². The van der Waals surface area contributed by atoms with E-state index in [1.807, 2.05) is 66.3 Å². The predicted molar refractivity (Wildman–Crippen MR) is 74.4 cm³/mol. The van der Waals surface area contributed by atoms with Crippen LogP contribution in [-0.4, -0.2) is 15.3 Å². The van der Waals surface area contributed by atoms with Gasteiger partial charge < -0.3 is 4.57 Å². The Morgan fingerprint density at radius 1 is 1.16 bits per heavy atom. The van der Waals surface area contributed by atoms with Gasteiger partial charge in [-0.05, 0) is 24.6 Å². The summed E-state index contributed by atoms with van der Waals surface area (Å²) in [5.41, 5.74) is 2.97. The summed E-state index contributed by atoms with van der Waals surface area (Å²) < 4.78 is 1.90. The summed E-state index contributed by atoms with van der Waals surface area (Å²) in [7, 11) is 0. The van der Waals surface area contributed by atoms with Crippen LogP contribution in [0, 0.1) is 6.92 Å². The Kier molecular flexibility index (Phi) is 2.88. The van der Waals surface area contributed by atoms with Gasteiger partial charge in [0.1, 0.15) is 5.82 Å². The van der Waals surface area contributed by atoms with Gasteiger partial charge in [0.2, 0.25) is 0 Å². The fourth-order valence-corrected chi connectivity index (χ4v) is 2.22. The van der Waals surface area contributed by atoms with Crippen molar-refractivity contribution in [2.75, 3.05) is 0 Å². The van der Waals surface area contributed by atoms with Crippen molar-refractivity contribution in [2.45, 2.75) is 13.5 Å². The fraction of sp³-hybridized carbons (Fsp3) is 0.125. The van der Waals surface area contributed by atoms with E-state index in [-0.39, 0.29) is 5.78 Å². The molecule has 0 saturated heterocycles. The number of ketones is 1. The van der Waals surface area contributed by atoms with Crippen molar-refractivity contribution >= 4 is 5.78 Å². The second-order valence-corrected chi connectivity index (χ2v) is 4.60. The molecule has 2 aliphatic rings. The molecule has 0 radical (unpaired) electrons. The highest BCUT2D eigenvalue weighted by atomic mass is 16.1. The van der Waals surface area contributed by atoms with Crippen molar-refractivity contribution in [2.24, 2.45) is 0 Å². The summed E-state index contributed by atoms with van der Waals surface area (Å²) in [4.78, 5) is 16.6. The third kappa shape index (κ3) is 2.15. The van der Waals surface area contributed by atoms with Crippen LogP contribution in [0.25, 0.3) is 11.4 Å². The monoisotopic (exact) mass is 250 g/mol. The topological polar surface area (TPSA) is 34.9 Å². The molecule has 1 aromatic carbocycles. The van der Waals surface area contributed by atoms with Gasteiger partial charge in [-0.2, -0.15) is 0 Å². The number of pyridine rings is 1. The molecule has 2 heterocycles. The van der Waals surface area contributed by atoms with E-state index in [2.05, 4.69) is 4.98 Å². The molecule has 3 nitrogen and oxygen atoms in total. The first kappa shape index (κ1) is 11.7. The van der Waals surface area contributed by atoms with Crippen LogP contribution >= 0.6 is 0 Å². The molecule has 3 rings (SSSR count). The average Bonchev–Trinajstić information content (AvgIpc) is 2.83. The van der Waals surface area contributed by atoms with Gasteiger partial charge >= 0.3 is 0 Å². The smallest absolute Gasteiger partial charge is 0.182 e. The maximum absolute atomic E-state index is 12.2. The number of rotatable bonds is 3. The number of Topliss-reactive ketones (excluding diaryl/α,β-unsaturated/α-hetero) is 1. The molecule has 19 heavy (non-hydrogen) atoms. The molecule has 0 bridgehead atoms. The molecule has 0 fully saturated rings. The molecule has 0 unspecified atom stereocenters. The number of benzene rings is 1. The predicted octanol–water partition coefficient (Wildman–Crippen LogP) is 3.18. The van der Waals surface area contributed by atoms with Crippen molar-refractivity contribution in [1.29, 1.82) is 0 Å². The Labute approximate surface area is 111 Å². The molecule has 0 N–H and O–H groups in total. The number of nitrogens with zero attached hydrogens (tertiary/aromatic N) is 2. The molecule has 0 saturated carbocycles. The summed E-state index contributed by atoms with van der Waals surface area (Å²) in [6.45, 7) is 2.34. The lowest BCUT2D eigenvalue weighted by Gasteiger charge is -2.11. The van der Waals surface area contributed by atoms with Gasteiger partial charge in [0, 0.05) is 23.5 Å². The lowest BCUT2D eigenvalue weighted by molar-refractivity contribution is 0.0972. The SMILES string of the molecule is Cc1cnc2n(CC(=O)c3ccccc3)cccc1-2. The van der Waals surface area contributed by atoms with Crippen molar-refractivity contribution < 1.29 is 4.79 Å². The number of hydrogen-bond donors (Lipinski definition) is 0. The molecular formula is C16H14N2O. The highest BCUT2D eigenvalue weighted by molar-refractivity contribution is 5.96. The number of carbonyl (C=O) groups excluding carboxylic acids is 1. The lowest BCUT2D eigenvalue weighted by atomic mass is 10.1. The minimum absolute atomic E-state index is 0.0961. The van der Waals surface area contributed by atoms with Crippen molar-refractivity contribution in [3.05, 3.63) is 66.0 Å². The molecule has 0 aromatic heterocycles. The molecule has 0 amide bonds. The lowest BCUT2D eigenvalue weighted by Crippen LogP contribution is -2.12. The largest absolute Gasteiger partial charge is 0.325 e. The zero-order chi connectivity index (χ0) is 13.2. The summed E-state index contributed by atoms with van der Waals surface area (Å²) in [5, 5.41) is 0. The molecule has 1 aromatic rings. The second kappa shape index (κ2) is 4.69.